The van der Waals surface area contributed by atoms with Crippen LogP contribution in [0.4, 0.5) is 25.1 Å². The highest BCUT2D eigenvalue weighted by Crippen LogP contribution is 2.44. The number of amides is 6. The summed E-state index contributed by atoms with van der Waals surface area (Å²) in [6.07, 6.45) is 3.39. The van der Waals surface area contributed by atoms with Crippen LogP contribution in [-0.2, 0) is 70.6 Å². The van der Waals surface area contributed by atoms with Crippen molar-refractivity contribution < 1.29 is 56.8 Å². The summed E-state index contributed by atoms with van der Waals surface area (Å²) in [4.78, 5) is 76.5. The van der Waals surface area contributed by atoms with Crippen molar-refractivity contribution in [2.24, 2.45) is 5.41 Å². The van der Waals surface area contributed by atoms with Crippen molar-refractivity contribution >= 4 is 52.5 Å². The second-order valence-electron chi connectivity index (χ2n) is 22.4. The van der Waals surface area contributed by atoms with Gasteiger partial charge < -0.3 is 60.0 Å². The van der Waals surface area contributed by atoms with Gasteiger partial charge in [0.1, 0.15) is 25.3 Å². The van der Waals surface area contributed by atoms with E-state index in [1.54, 1.807) is 72.7 Å². The van der Waals surface area contributed by atoms with E-state index in [4.69, 9.17) is 24.0 Å². The normalized spacial score (nSPS) is 17.8. The number of aliphatic hydroxyl groups excluding tert-OH is 1. The summed E-state index contributed by atoms with van der Waals surface area (Å²) in [7, 11) is 1.61. The van der Waals surface area contributed by atoms with E-state index in [0.29, 0.717) is 68.3 Å². The third-order valence-corrected chi connectivity index (χ3v) is 16.5. The molecule has 3 aromatic heterocycles. The lowest BCUT2D eigenvalue weighted by molar-refractivity contribution is -0.144. The number of halogens is 2. The molecule has 9 rings (SSSR count). The molecule has 0 aliphatic carbocycles. The van der Waals surface area contributed by atoms with Gasteiger partial charge in [-0.3, -0.25) is 28.5 Å². The number of hydrogen-bond donors (Lipinski definition) is 5. The number of rotatable bonds is 23. The van der Waals surface area contributed by atoms with Crippen LogP contribution in [0.5, 0.6) is 0 Å². The van der Waals surface area contributed by atoms with E-state index in [0.717, 1.165) is 57.8 Å². The van der Waals surface area contributed by atoms with Gasteiger partial charge in [0.15, 0.2) is 5.82 Å². The van der Waals surface area contributed by atoms with Crippen LogP contribution in [0.1, 0.15) is 92.6 Å². The van der Waals surface area contributed by atoms with Crippen LogP contribution in [0.2, 0.25) is 0 Å². The lowest BCUT2D eigenvalue weighted by atomic mass is 9.85. The molecule has 4 aliphatic rings. The van der Waals surface area contributed by atoms with Crippen LogP contribution in [-0.4, -0.2) is 173 Å². The van der Waals surface area contributed by atoms with E-state index in [2.05, 4.69) is 40.9 Å². The molecule has 7 heterocycles. The summed E-state index contributed by atoms with van der Waals surface area (Å²) < 4.78 is 56.0. The van der Waals surface area contributed by atoms with Crippen molar-refractivity contribution in [1.82, 2.24) is 55.6 Å². The van der Waals surface area contributed by atoms with E-state index < -0.39 is 47.7 Å². The molecule has 448 valence electrons. The SMILES string of the molecule is CNC(=O)N1CCc2c(c(N3CCCc4cc(-c5cnn(CCNC(=O)COCCOCCOCC(=O)N[C@H](C(=O)N6C[C@H](O)C[C@H]6C(=O)NCc6ccc(-c7scnc7C)cc6)C(C)(C)C)c5)c(C(F)F)cc43)nn2C2CCOCC2)C1. The lowest BCUT2D eigenvalue weighted by Gasteiger charge is -2.35. The number of ether oxygens (including phenoxy) is 4. The fourth-order valence-corrected chi connectivity index (χ4v) is 12.0. The smallest absolute Gasteiger partial charge is 0.317 e. The number of alkyl halides is 2. The van der Waals surface area contributed by atoms with Crippen LogP contribution in [0.25, 0.3) is 21.6 Å². The molecular weight excluding hydrogens is 1090 g/mol. The molecule has 3 atom stereocenters. The maximum absolute atomic E-state index is 15.0. The number of nitrogens with one attached hydrogen (secondary N) is 4. The van der Waals surface area contributed by atoms with E-state index in [9.17, 15) is 29.1 Å². The van der Waals surface area contributed by atoms with Crippen LogP contribution in [0.15, 0.2) is 54.3 Å². The van der Waals surface area contributed by atoms with Gasteiger partial charge in [0, 0.05) is 100 Å². The molecular formula is C58H76F2N12O10S. The largest absolute Gasteiger partial charge is 0.391 e. The van der Waals surface area contributed by atoms with E-state index in [1.165, 1.54) is 4.90 Å². The zero-order valence-electron chi connectivity index (χ0n) is 47.8. The molecule has 22 nitrogen and oxygen atoms in total. The number of fused-ring (bicyclic) bond motifs is 2. The summed E-state index contributed by atoms with van der Waals surface area (Å²) in [6.45, 7) is 10.7. The number of aryl methyl sites for hydroxylation is 2. The van der Waals surface area contributed by atoms with Crippen molar-refractivity contribution in [3.63, 3.8) is 0 Å². The number of thiazole rings is 1. The van der Waals surface area contributed by atoms with Crippen LogP contribution in [0, 0.1) is 12.3 Å². The number of hydrogen-bond acceptors (Lipinski definition) is 15. The monoisotopic (exact) mass is 1170 g/mol. The number of urea groups is 1. The fraction of sp³-hybridized carbons (Fsp3) is 0.552. The van der Waals surface area contributed by atoms with Crippen molar-refractivity contribution in [3.8, 4) is 21.6 Å². The van der Waals surface area contributed by atoms with Crippen molar-refractivity contribution in [2.45, 2.75) is 117 Å². The molecule has 25 heteroatoms. The number of likely N-dealkylation sites (tertiary alicyclic amines) is 1. The predicted octanol–water partition coefficient (Wildman–Crippen LogP) is 5.22. The van der Waals surface area contributed by atoms with Crippen molar-refractivity contribution in [1.29, 1.82) is 0 Å². The van der Waals surface area contributed by atoms with Gasteiger partial charge in [-0.2, -0.15) is 10.2 Å². The van der Waals surface area contributed by atoms with Gasteiger partial charge in [-0.15, -0.1) is 11.3 Å². The molecule has 0 radical (unpaired) electrons. The zero-order chi connectivity index (χ0) is 58.8. The average Bonchev–Trinajstić information content (AvgIpc) is 3.75. The minimum atomic E-state index is -2.78. The summed E-state index contributed by atoms with van der Waals surface area (Å²) in [6, 6.07) is 9.26. The summed E-state index contributed by atoms with van der Waals surface area (Å²) >= 11 is 1.56. The van der Waals surface area contributed by atoms with Gasteiger partial charge in [-0.05, 0) is 72.4 Å². The maximum Gasteiger partial charge on any atom is 0.317 e. The Hall–Kier alpha value is -6.90. The minimum Gasteiger partial charge on any atom is -0.391 e. The highest BCUT2D eigenvalue weighted by atomic mass is 32.1. The van der Waals surface area contributed by atoms with E-state index in [-0.39, 0.29) is 95.8 Å². The topological polar surface area (TPSA) is 249 Å². The Kier molecular flexibility index (Phi) is 20.2. The van der Waals surface area contributed by atoms with Gasteiger partial charge in [0.25, 0.3) is 6.43 Å². The molecule has 4 aliphatic heterocycles. The maximum atomic E-state index is 15.0. The Morgan fingerprint density at radius 2 is 1.66 bits per heavy atom. The van der Waals surface area contributed by atoms with Gasteiger partial charge in [0.2, 0.25) is 23.6 Å². The third-order valence-electron chi connectivity index (χ3n) is 15.5. The first-order chi connectivity index (χ1) is 40.0. The molecule has 2 saturated heterocycles. The Bertz CT molecular complexity index is 3070. The van der Waals surface area contributed by atoms with Crippen molar-refractivity contribution in [2.75, 3.05) is 91.0 Å². The highest BCUT2D eigenvalue weighted by Gasteiger charge is 2.45. The van der Waals surface area contributed by atoms with Crippen LogP contribution in [0.3, 0.4) is 0 Å². The quantitative estimate of drug-likeness (QED) is 0.0527. The number of aliphatic hydroxyl groups is 1. The molecule has 0 saturated carbocycles. The number of carbonyl (C=O) groups is 5. The average molecular weight is 1170 g/mol. The Morgan fingerprint density at radius 1 is 0.928 bits per heavy atom. The number of aromatic nitrogens is 5. The second kappa shape index (κ2) is 27.7. The first-order valence-electron chi connectivity index (χ1n) is 28.4. The lowest BCUT2D eigenvalue weighted by Crippen LogP contribution is -2.58. The Labute approximate surface area is 485 Å². The fourth-order valence-electron chi connectivity index (χ4n) is 11.1. The number of β-amino-alcohol motifs (C(OH)–C–C–N with tert-alkyl or cyclic N) is 1. The van der Waals surface area contributed by atoms with Gasteiger partial charge >= 0.3 is 6.03 Å². The molecule has 0 bridgehead atoms. The van der Waals surface area contributed by atoms with E-state index in [1.807, 2.05) is 37.3 Å². The number of nitrogens with zero attached hydrogens (tertiary/aromatic N) is 8. The van der Waals surface area contributed by atoms with E-state index >= 15 is 8.78 Å². The molecule has 2 aromatic carbocycles. The Morgan fingerprint density at radius 3 is 2.36 bits per heavy atom. The molecule has 2 fully saturated rings. The molecule has 0 unspecified atom stereocenters. The number of benzene rings is 2. The molecule has 0 spiro atoms. The van der Waals surface area contributed by atoms with Gasteiger partial charge in [-0.25, -0.2) is 18.6 Å². The Balaban J connectivity index is 0.679. The summed E-state index contributed by atoms with van der Waals surface area (Å²) in [5.74, 6) is -1.08. The zero-order valence-corrected chi connectivity index (χ0v) is 48.6. The summed E-state index contributed by atoms with van der Waals surface area (Å²) in [5.41, 5.74) is 8.32. The second-order valence-corrected chi connectivity index (χ2v) is 23.2. The molecule has 5 N–H and O–H groups in total. The minimum absolute atomic E-state index is 0.0506. The molecule has 5 aromatic rings. The third kappa shape index (κ3) is 14.9. The highest BCUT2D eigenvalue weighted by molar-refractivity contribution is 7.13. The van der Waals surface area contributed by atoms with Crippen LogP contribution < -0.4 is 26.2 Å². The van der Waals surface area contributed by atoms with Gasteiger partial charge in [-0.1, -0.05) is 45.0 Å². The number of anilines is 2. The standard InChI is InChI=1S/C58H76F2N12O10S/c1-36-51(83-35-64-36)38-10-8-37(9-11-38)28-63-55(76)48-26-42(73)31-71(48)56(77)52(58(2,3)4)66-50(75)34-82-24-22-80-21-23-81-33-49(74)62-15-18-69-30-40(29-65-69)43-25-39-7-6-16-70(47(39)27-44(43)53(59)60)54-45-32-68(57(78)61-5)17-12-46(45)72(67-54)41-13-19-79-20-14-41/h8-11,25,27,29-30,35,41-42,48,52-53,73H,6-7,12-24,26,28,31-34H2,1-5H3,(H,61,78)(H,62,74)(H,63,76)(H,66,75)/t42-,48+,52-/m1/s1. The predicted molar refractivity (Wildman–Crippen MR) is 305 cm³/mol. The first-order valence-corrected chi connectivity index (χ1v) is 29.3. The molecule has 6 amide bonds. The van der Waals surface area contributed by atoms with Crippen LogP contribution >= 0.6 is 11.3 Å². The molecule has 83 heavy (non-hydrogen) atoms. The van der Waals surface area contributed by atoms with Crippen molar-refractivity contribution in [3.05, 3.63) is 87.9 Å². The number of carbonyl (C=O) groups excluding carboxylic acids is 5. The summed E-state index contributed by atoms with van der Waals surface area (Å²) in [5, 5.41) is 31.4. The van der Waals surface area contributed by atoms with Gasteiger partial charge in [0.05, 0.1) is 73.9 Å². The first kappa shape index (κ1) is 60.7.